The Morgan fingerprint density at radius 1 is 1.38 bits per heavy atom. The summed E-state index contributed by atoms with van der Waals surface area (Å²) in [6.07, 6.45) is 3.64. The summed E-state index contributed by atoms with van der Waals surface area (Å²) in [4.78, 5) is 14.4. The molecule has 0 unspecified atom stereocenters. The zero-order chi connectivity index (χ0) is 16.9. The molecule has 1 aliphatic heterocycles. The van der Waals surface area contributed by atoms with Gasteiger partial charge in [0.2, 0.25) is 0 Å². The molecule has 128 valence electrons. The number of likely N-dealkylation sites (tertiary alicyclic amines) is 1. The summed E-state index contributed by atoms with van der Waals surface area (Å²) >= 11 is 0. The summed E-state index contributed by atoms with van der Waals surface area (Å²) in [7, 11) is 1.95. The number of halogens is 1. The summed E-state index contributed by atoms with van der Waals surface area (Å²) in [5, 5.41) is 11.2. The van der Waals surface area contributed by atoms with Crippen LogP contribution in [0.25, 0.3) is 0 Å². The van der Waals surface area contributed by atoms with Gasteiger partial charge in [-0.3, -0.25) is 4.79 Å². The van der Waals surface area contributed by atoms with Gasteiger partial charge in [-0.15, -0.1) is 5.10 Å². The lowest BCUT2D eigenvalue weighted by molar-refractivity contribution is 0.0685. The van der Waals surface area contributed by atoms with Crippen molar-refractivity contribution in [2.75, 3.05) is 26.7 Å². The van der Waals surface area contributed by atoms with Gasteiger partial charge >= 0.3 is 0 Å². The first-order valence-electron chi connectivity index (χ1n) is 8.24. The minimum absolute atomic E-state index is 0.0802. The van der Waals surface area contributed by atoms with E-state index in [1.54, 1.807) is 16.9 Å². The maximum atomic E-state index is 13.2. The highest BCUT2D eigenvalue weighted by atomic mass is 19.1. The van der Waals surface area contributed by atoms with Gasteiger partial charge in [0.05, 0.1) is 12.7 Å². The Labute approximate surface area is 140 Å². The van der Waals surface area contributed by atoms with Crippen LogP contribution in [0.15, 0.2) is 30.5 Å². The summed E-state index contributed by atoms with van der Waals surface area (Å²) in [6.45, 7) is 2.89. The first-order valence-corrected chi connectivity index (χ1v) is 8.24. The van der Waals surface area contributed by atoms with Gasteiger partial charge in [-0.05, 0) is 50.0 Å². The van der Waals surface area contributed by atoms with Gasteiger partial charge in [-0.1, -0.05) is 17.3 Å². The van der Waals surface area contributed by atoms with Crippen molar-refractivity contribution in [3.05, 3.63) is 47.5 Å². The highest BCUT2D eigenvalue weighted by Crippen LogP contribution is 2.18. The van der Waals surface area contributed by atoms with E-state index in [-0.39, 0.29) is 11.7 Å². The number of nitrogens with zero attached hydrogens (tertiary/aromatic N) is 4. The number of rotatable bonds is 5. The lowest BCUT2D eigenvalue weighted by Gasteiger charge is -2.31. The van der Waals surface area contributed by atoms with Crippen molar-refractivity contribution in [3.63, 3.8) is 0 Å². The Kier molecular flexibility index (Phi) is 5.20. The molecular weight excluding hydrogens is 309 g/mol. The number of amides is 1. The molecule has 1 saturated heterocycles. The highest BCUT2D eigenvalue weighted by Gasteiger charge is 2.25. The zero-order valence-electron chi connectivity index (χ0n) is 13.8. The van der Waals surface area contributed by atoms with E-state index in [1.165, 1.54) is 12.1 Å². The largest absolute Gasteiger partial charge is 0.337 e. The van der Waals surface area contributed by atoms with Gasteiger partial charge in [-0.2, -0.15) is 0 Å². The van der Waals surface area contributed by atoms with Gasteiger partial charge in [0.25, 0.3) is 5.91 Å². The molecule has 1 N–H and O–H groups in total. The number of benzene rings is 1. The molecule has 1 aromatic carbocycles. The van der Waals surface area contributed by atoms with Gasteiger partial charge < -0.3 is 10.2 Å². The molecule has 1 amide bonds. The van der Waals surface area contributed by atoms with Crippen molar-refractivity contribution in [1.82, 2.24) is 25.2 Å². The average molecular weight is 331 g/mol. The third kappa shape index (κ3) is 3.97. The van der Waals surface area contributed by atoms with Gasteiger partial charge in [0.15, 0.2) is 5.69 Å². The van der Waals surface area contributed by atoms with Crippen LogP contribution in [0.1, 0.15) is 28.9 Å². The Morgan fingerprint density at radius 2 is 2.17 bits per heavy atom. The monoisotopic (exact) mass is 331 g/mol. The van der Waals surface area contributed by atoms with E-state index in [2.05, 4.69) is 15.6 Å². The normalized spacial score (nSPS) is 15.7. The molecule has 1 aliphatic rings. The molecule has 1 aromatic heterocycles. The Bertz CT molecular complexity index is 694. The number of hydrogen-bond donors (Lipinski definition) is 1. The fourth-order valence-electron chi connectivity index (χ4n) is 3.09. The van der Waals surface area contributed by atoms with E-state index in [1.807, 2.05) is 18.0 Å². The fourth-order valence-corrected chi connectivity index (χ4v) is 3.09. The molecule has 1 fully saturated rings. The van der Waals surface area contributed by atoms with Crippen LogP contribution in [-0.4, -0.2) is 52.5 Å². The van der Waals surface area contributed by atoms with Gasteiger partial charge in [0, 0.05) is 13.1 Å². The van der Waals surface area contributed by atoms with Crippen molar-refractivity contribution in [2.24, 2.45) is 5.92 Å². The number of hydrogen-bond acceptors (Lipinski definition) is 4. The molecule has 0 atom stereocenters. The third-order valence-corrected chi connectivity index (χ3v) is 4.39. The van der Waals surface area contributed by atoms with E-state index < -0.39 is 0 Å². The standard InChI is InChI=1S/C17H22FN5O/c1-19-10-13-5-7-22(8-6-13)17(24)16-12-23(21-20-16)11-14-3-2-4-15(18)9-14/h2-4,9,12-13,19H,5-8,10-11H2,1H3. The third-order valence-electron chi connectivity index (χ3n) is 4.39. The predicted molar refractivity (Wildman–Crippen MR) is 88.1 cm³/mol. The van der Waals surface area contributed by atoms with E-state index >= 15 is 0 Å². The molecule has 0 radical (unpaired) electrons. The van der Waals surface area contributed by atoms with Gasteiger partial charge in [0.1, 0.15) is 5.82 Å². The van der Waals surface area contributed by atoms with E-state index in [0.717, 1.165) is 38.0 Å². The van der Waals surface area contributed by atoms with Crippen LogP contribution in [0.4, 0.5) is 4.39 Å². The molecule has 7 heteroatoms. The second-order valence-electron chi connectivity index (χ2n) is 6.22. The first-order chi connectivity index (χ1) is 11.7. The maximum absolute atomic E-state index is 13.2. The SMILES string of the molecule is CNCC1CCN(C(=O)c2cn(Cc3cccc(F)c3)nn2)CC1. The molecule has 0 bridgehead atoms. The van der Waals surface area contributed by atoms with Crippen LogP contribution in [0, 0.1) is 11.7 Å². The summed E-state index contributed by atoms with van der Waals surface area (Å²) in [5.41, 5.74) is 1.13. The number of piperidine rings is 1. The maximum Gasteiger partial charge on any atom is 0.276 e. The molecule has 24 heavy (non-hydrogen) atoms. The molecule has 0 spiro atoms. The average Bonchev–Trinajstić information content (AvgIpc) is 3.04. The van der Waals surface area contributed by atoms with Crippen molar-refractivity contribution >= 4 is 5.91 Å². The van der Waals surface area contributed by atoms with E-state index in [0.29, 0.717) is 18.2 Å². The molecule has 0 saturated carbocycles. The van der Waals surface area contributed by atoms with Crippen molar-refractivity contribution < 1.29 is 9.18 Å². The molecule has 2 heterocycles. The highest BCUT2D eigenvalue weighted by molar-refractivity contribution is 5.91. The molecule has 2 aromatic rings. The summed E-state index contributed by atoms with van der Waals surface area (Å²) in [6, 6.07) is 6.33. The number of nitrogens with one attached hydrogen (secondary N) is 1. The van der Waals surface area contributed by atoms with Crippen molar-refractivity contribution in [3.8, 4) is 0 Å². The smallest absolute Gasteiger partial charge is 0.276 e. The van der Waals surface area contributed by atoms with Gasteiger partial charge in [-0.25, -0.2) is 9.07 Å². The van der Waals surface area contributed by atoms with Crippen LogP contribution >= 0.6 is 0 Å². The number of aromatic nitrogens is 3. The molecule has 0 aliphatic carbocycles. The van der Waals surface area contributed by atoms with E-state index in [4.69, 9.17) is 0 Å². The Balaban J connectivity index is 1.60. The number of carbonyl (C=O) groups is 1. The fraction of sp³-hybridized carbons (Fsp3) is 0.471. The summed E-state index contributed by atoms with van der Waals surface area (Å²) in [5.74, 6) is 0.263. The topological polar surface area (TPSA) is 63.1 Å². The Hall–Kier alpha value is -2.28. The summed E-state index contributed by atoms with van der Waals surface area (Å²) < 4.78 is 14.8. The quantitative estimate of drug-likeness (QED) is 0.903. The molecule has 3 rings (SSSR count). The number of carbonyl (C=O) groups excluding carboxylic acids is 1. The molecule has 6 nitrogen and oxygen atoms in total. The minimum atomic E-state index is -0.284. The van der Waals surface area contributed by atoms with Crippen LogP contribution in [0.5, 0.6) is 0 Å². The molecular formula is C17H22FN5O. The Morgan fingerprint density at radius 3 is 2.88 bits per heavy atom. The van der Waals surface area contributed by atoms with Crippen LogP contribution in [0.3, 0.4) is 0 Å². The second kappa shape index (κ2) is 7.53. The van der Waals surface area contributed by atoms with Crippen molar-refractivity contribution in [1.29, 1.82) is 0 Å². The van der Waals surface area contributed by atoms with Crippen LogP contribution < -0.4 is 5.32 Å². The van der Waals surface area contributed by atoms with E-state index in [9.17, 15) is 9.18 Å². The lowest BCUT2D eigenvalue weighted by atomic mass is 9.97. The lowest BCUT2D eigenvalue weighted by Crippen LogP contribution is -2.40. The minimum Gasteiger partial charge on any atom is -0.337 e. The van der Waals surface area contributed by atoms with Crippen molar-refractivity contribution in [2.45, 2.75) is 19.4 Å². The second-order valence-corrected chi connectivity index (χ2v) is 6.22. The zero-order valence-corrected chi connectivity index (χ0v) is 13.8. The first kappa shape index (κ1) is 16.6. The predicted octanol–water partition coefficient (Wildman–Crippen LogP) is 1.54. The van der Waals surface area contributed by atoms with Crippen LogP contribution in [0.2, 0.25) is 0 Å². The van der Waals surface area contributed by atoms with Crippen LogP contribution in [-0.2, 0) is 6.54 Å².